The van der Waals surface area contributed by atoms with Crippen LogP contribution in [0.4, 0.5) is 4.79 Å². The Hall–Kier alpha value is -3.94. The number of imide groups is 2. The van der Waals surface area contributed by atoms with Gasteiger partial charge in [0.1, 0.15) is 5.75 Å². The van der Waals surface area contributed by atoms with Gasteiger partial charge in [0.05, 0.1) is 7.11 Å². The number of rotatable bonds is 5. The lowest BCUT2D eigenvalue weighted by Gasteiger charge is -2.34. The lowest BCUT2D eigenvalue weighted by molar-refractivity contribution is -0.143. The van der Waals surface area contributed by atoms with E-state index >= 15 is 0 Å². The smallest absolute Gasteiger partial charge is 0.328 e. The lowest BCUT2D eigenvalue weighted by atomic mass is 9.86. The topological polar surface area (TPSA) is 114 Å². The number of barbiturate groups is 1. The van der Waals surface area contributed by atoms with Crippen molar-refractivity contribution in [1.29, 1.82) is 0 Å². The molecule has 0 atom stereocenters. The number of ether oxygens (including phenoxy) is 1. The number of carbonyl (C=O) groups is 4. The maximum atomic E-state index is 12.6. The first kappa shape index (κ1) is 18.8. The monoisotopic (exact) mass is 379 g/mol. The van der Waals surface area contributed by atoms with E-state index in [1.807, 2.05) is 10.6 Å². The molecular weight excluding hydrogens is 362 g/mol. The highest BCUT2D eigenvalue weighted by molar-refractivity contribution is 6.24. The quantitative estimate of drug-likeness (QED) is 0.532. The Balaban J connectivity index is 1.88. The van der Waals surface area contributed by atoms with Crippen molar-refractivity contribution in [3.8, 4) is 5.75 Å². The van der Waals surface area contributed by atoms with Crippen molar-refractivity contribution in [3.63, 3.8) is 0 Å². The SMILES string of the molecule is COc1ccc(C=CC(=O)NC2(c3ccccc3)C(=O)NC(=O)NC2=O)cc1. The predicted octanol–water partition coefficient (Wildman–Crippen LogP) is 1.09. The molecular formula is C20H17N3O5. The minimum absolute atomic E-state index is 0.226. The largest absolute Gasteiger partial charge is 0.497 e. The van der Waals surface area contributed by atoms with E-state index in [9.17, 15) is 19.2 Å². The summed E-state index contributed by atoms with van der Waals surface area (Å²) in [5.41, 5.74) is -1.11. The number of hydrogen-bond acceptors (Lipinski definition) is 5. The van der Waals surface area contributed by atoms with Crippen LogP contribution in [0.25, 0.3) is 6.08 Å². The molecule has 1 heterocycles. The van der Waals surface area contributed by atoms with E-state index < -0.39 is 29.3 Å². The second-order valence-electron chi connectivity index (χ2n) is 5.95. The van der Waals surface area contributed by atoms with Gasteiger partial charge in [0.15, 0.2) is 0 Å². The predicted molar refractivity (Wildman–Crippen MR) is 100.0 cm³/mol. The Bertz CT molecular complexity index is 932. The third-order valence-corrected chi connectivity index (χ3v) is 4.20. The maximum Gasteiger partial charge on any atom is 0.328 e. The van der Waals surface area contributed by atoms with Crippen molar-refractivity contribution in [2.24, 2.45) is 0 Å². The molecule has 142 valence electrons. The van der Waals surface area contributed by atoms with E-state index in [0.29, 0.717) is 5.75 Å². The van der Waals surface area contributed by atoms with E-state index in [2.05, 4.69) is 5.32 Å². The van der Waals surface area contributed by atoms with Gasteiger partial charge in [-0.15, -0.1) is 0 Å². The van der Waals surface area contributed by atoms with Crippen LogP contribution in [-0.2, 0) is 19.9 Å². The van der Waals surface area contributed by atoms with Gasteiger partial charge in [-0.25, -0.2) is 4.79 Å². The molecule has 28 heavy (non-hydrogen) atoms. The number of carbonyl (C=O) groups excluding carboxylic acids is 4. The van der Waals surface area contributed by atoms with Gasteiger partial charge in [0, 0.05) is 6.08 Å². The van der Waals surface area contributed by atoms with Crippen LogP contribution in [0.5, 0.6) is 5.75 Å². The third-order valence-electron chi connectivity index (χ3n) is 4.20. The summed E-state index contributed by atoms with van der Waals surface area (Å²) in [7, 11) is 1.55. The molecule has 1 saturated heterocycles. The zero-order valence-electron chi connectivity index (χ0n) is 14.9. The molecule has 0 bridgehead atoms. The first-order valence-corrected chi connectivity index (χ1v) is 8.32. The Morgan fingerprint density at radius 3 is 2.14 bits per heavy atom. The van der Waals surface area contributed by atoms with Gasteiger partial charge in [0.2, 0.25) is 11.4 Å². The Morgan fingerprint density at radius 2 is 1.57 bits per heavy atom. The van der Waals surface area contributed by atoms with Crippen LogP contribution in [-0.4, -0.2) is 30.9 Å². The second kappa shape index (κ2) is 7.75. The molecule has 1 aliphatic rings. The molecule has 0 unspecified atom stereocenters. The molecule has 0 aliphatic carbocycles. The zero-order valence-corrected chi connectivity index (χ0v) is 14.9. The molecule has 2 aromatic rings. The molecule has 0 radical (unpaired) electrons. The highest BCUT2D eigenvalue weighted by atomic mass is 16.5. The van der Waals surface area contributed by atoms with Gasteiger partial charge >= 0.3 is 6.03 Å². The fraction of sp³-hybridized carbons (Fsp3) is 0.100. The van der Waals surface area contributed by atoms with Crippen molar-refractivity contribution < 1.29 is 23.9 Å². The van der Waals surface area contributed by atoms with Crippen molar-refractivity contribution in [1.82, 2.24) is 16.0 Å². The molecule has 5 amide bonds. The molecule has 3 N–H and O–H groups in total. The lowest BCUT2D eigenvalue weighted by Crippen LogP contribution is -2.71. The number of urea groups is 1. The van der Waals surface area contributed by atoms with Crippen LogP contribution in [0.15, 0.2) is 60.7 Å². The number of hydrogen-bond donors (Lipinski definition) is 3. The van der Waals surface area contributed by atoms with Crippen LogP contribution in [0.3, 0.4) is 0 Å². The van der Waals surface area contributed by atoms with E-state index in [0.717, 1.165) is 5.56 Å². The number of benzene rings is 2. The van der Waals surface area contributed by atoms with E-state index in [-0.39, 0.29) is 5.56 Å². The normalized spacial score (nSPS) is 15.7. The van der Waals surface area contributed by atoms with Gasteiger partial charge in [-0.3, -0.25) is 25.0 Å². The van der Waals surface area contributed by atoms with Gasteiger partial charge in [0.25, 0.3) is 11.8 Å². The van der Waals surface area contributed by atoms with Crippen LogP contribution >= 0.6 is 0 Å². The summed E-state index contributed by atoms with van der Waals surface area (Å²) in [6.45, 7) is 0. The average molecular weight is 379 g/mol. The first-order chi connectivity index (χ1) is 13.5. The summed E-state index contributed by atoms with van der Waals surface area (Å²) in [5, 5.41) is 6.49. The summed E-state index contributed by atoms with van der Waals surface area (Å²) in [6.07, 6.45) is 2.72. The van der Waals surface area contributed by atoms with Crippen LogP contribution in [0.2, 0.25) is 0 Å². The van der Waals surface area contributed by atoms with Crippen LogP contribution < -0.4 is 20.7 Å². The third kappa shape index (κ3) is 3.61. The summed E-state index contributed by atoms with van der Waals surface area (Å²) in [5.74, 6) is -1.87. The van der Waals surface area contributed by atoms with Crippen molar-refractivity contribution in [2.45, 2.75) is 5.54 Å². The van der Waals surface area contributed by atoms with Gasteiger partial charge in [-0.05, 0) is 29.3 Å². The molecule has 0 aromatic heterocycles. The highest BCUT2D eigenvalue weighted by Gasteiger charge is 2.52. The molecule has 2 aromatic carbocycles. The van der Waals surface area contributed by atoms with Crippen LogP contribution in [0.1, 0.15) is 11.1 Å². The van der Waals surface area contributed by atoms with Crippen molar-refractivity contribution in [3.05, 3.63) is 71.8 Å². The molecule has 8 nitrogen and oxygen atoms in total. The van der Waals surface area contributed by atoms with Gasteiger partial charge < -0.3 is 10.1 Å². The average Bonchev–Trinajstić information content (AvgIpc) is 2.70. The first-order valence-electron chi connectivity index (χ1n) is 8.32. The summed E-state index contributed by atoms with van der Waals surface area (Å²) >= 11 is 0. The van der Waals surface area contributed by atoms with E-state index in [1.165, 1.54) is 24.3 Å². The second-order valence-corrected chi connectivity index (χ2v) is 5.95. The van der Waals surface area contributed by atoms with Gasteiger partial charge in [-0.1, -0.05) is 42.5 Å². The van der Waals surface area contributed by atoms with E-state index in [4.69, 9.17) is 4.74 Å². The fourth-order valence-electron chi connectivity index (χ4n) is 2.78. The maximum absolute atomic E-state index is 12.6. The standard InChI is InChI=1S/C20H17N3O5/c1-28-15-10-7-13(8-11-15)9-12-16(24)23-20(14-5-3-2-4-6-14)17(25)21-19(27)22-18(20)26/h2-12H,1H3,(H,23,24)(H2,21,22,25,26,27). The number of methoxy groups -OCH3 is 1. The molecule has 0 saturated carbocycles. The van der Waals surface area contributed by atoms with Crippen molar-refractivity contribution in [2.75, 3.05) is 7.11 Å². The molecule has 1 fully saturated rings. The minimum Gasteiger partial charge on any atom is -0.497 e. The molecule has 8 heteroatoms. The Labute approximate surface area is 160 Å². The zero-order chi connectivity index (χ0) is 20.1. The summed E-state index contributed by atoms with van der Waals surface area (Å²) in [6, 6.07) is 14.0. The van der Waals surface area contributed by atoms with Crippen molar-refractivity contribution >= 4 is 29.8 Å². The number of nitrogens with one attached hydrogen (secondary N) is 3. The molecule has 3 rings (SSSR count). The minimum atomic E-state index is -2.06. The summed E-state index contributed by atoms with van der Waals surface area (Å²) in [4.78, 5) is 49.1. The Kier molecular flexibility index (Phi) is 5.21. The number of amides is 5. The highest BCUT2D eigenvalue weighted by Crippen LogP contribution is 2.24. The van der Waals surface area contributed by atoms with Gasteiger partial charge in [-0.2, -0.15) is 0 Å². The fourth-order valence-corrected chi connectivity index (χ4v) is 2.78. The van der Waals surface area contributed by atoms with E-state index in [1.54, 1.807) is 49.6 Å². The molecule has 0 spiro atoms. The molecule has 1 aliphatic heterocycles. The Morgan fingerprint density at radius 1 is 0.964 bits per heavy atom. The van der Waals surface area contributed by atoms with Crippen LogP contribution in [0, 0.1) is 0 Å². The summed E-state index contributed by atoms with van der Waals surface area (Å²) < 4.78 is 5.07.